The van der Waals surface area contributed by atoms with Crippen LogP contribution in [0.3, 0.4) is 0 Å². The van der Waals surface area contributed by atoms with E-state index in [9.17, 15) is 4.79 Å². The van der Waals surface area contributed by atoms with Gasteiger partial charge in [-0.15, -0.1) is 0 Å². The van der Waals surface area contributed by atoms with Crippen molar-refractivity contribution in [1.82, 2.24) is 10.4 Å². The number of ether oxygens (including phenoxy) is 1. The Hall–Kier alpha value is -2.92. The Bertz CT molecular complexity index is 1030. The van der Waals surface area contributed by atoms with Gasteiger partial charge in [0.05, 0.1) is 11.7 Å². The molecule has 5 nitrogen and oxygen atoms in total. The van der Waals surface area contributed by atoms with Crippen LogP contribution < -0.4 is 10.2 Å². The topological polar surface area (TPSA) is 63.6 Å². The first-order chi connectivity index (χ1) is 12.9. The standard InChI is InChI=1S/C21H20ClN3O2/c1-13-4-6-16-10-17(21(22)24-19(16)8-13)11-23-25-20(26)12-27-18-7-5-14(2)15(3)9-18/h4-11H,12H2,1-3H3,(H,25,26). The Morgan fingerprint density at radius 2 is 1.96 bits per heavy atom. The average molecular weight is 382 g/mol. The lowest BCUT2D eigenvalue weighted by molar-refractivity contribution is -0.123. The number of pyridine rings is 1. The third-order valence-corrected chi connectivity index (χ3v) is 4.50. The number of nitrogens with one attached hydrogen (secondary N) is 1. The van der Waals surface area contributed by atoms with Crippen LogP contribution in [0.1, 0.15) is 22.3 Å². The fourth-order valence-electron chi connectivity index (χ4n) is 2.52. The predicted octanol–water partition coefficient (Wildman–Crippen LogP) is 4.34. The predicted molar refractivity (Wildman–Crippen MR) is 109 cm³/mol. The van der Waals surface area contributed by atoms with Crippen molar-refractivity contribution in [2.45, 2.75) is 20.8 Å². The Kier molecular flexibility index (Phi) is 5.72. The van der Waals surface area contributed by atoms with Crippen molar-refractivity contribution in [3.63, 3.8) is 0 Å². The van der Waals surface area contributed by atoms with Crippen molar-refractivity contribution in [3.05, 3.63) is 69.9 Å². The summed E-state index contributed by atoms with van der Waals surface area (Å²) in [4.78, 5) is 16.3. The summed E-state index contributed by atoms with van der Waals surface area (Å²) in [7, 11) is 0. The number of hydrazone groups is 1. The van der Waals surface area contributed by atoms with E-state index in [2.05, 4.69) is 15.5 Å². The minimum Gasteiger partial charge on any atom is -0.484 e. The molecule has 0 aliphatic rings. The molecule has 1 heterocycles. The first-order valence-electron chi connectivity index (χ1n) is 8.51. The van der Waals surface area contributed by atoms with Crippen LogP contribution in [-0.4, -0.2) is 23.7 Å². The molecular weight excluding hydrogens is 362 g/mol. The maximum absolute atomic E-state index is 11.9. The molecule has 3 aromatic rings. The number of carbonyl (C=O) groups excluding carboxylic acids is 1. The largest absolute Gasteiger partial charge is 0.484 e. The van der Waals surface area contributed by atoms with Gasteiger partial charge in [0.1, 0.15) is 10.9 Å². The van der Waals surface area contributed by atoms with Crippen LogP contribution >= 0.6 is 11.6 Å². The Labute approximate surface area is 163 Å². The van der Waals surface area contributed by atoms with Crippen LogP contribution in [0.4, 0.5) is 0 Å². The second kappa shape index (κ2) is 8.18. The molecule has 0 saturated heterocycles. The first kappa shape index (κ1) is 18.9. The highest BCUT2D eigenvalue weighted by molar-refractivity contribution is 6.32. The molecule has 6 heteroatoms. The van der Waals surface area contributed by atoms with Crippen LogP contribution in [0.25, 0.3) is 10.9 Å². The normalized spacial score (nSPS) is 11.1. The van der Waals surface area contributed by atoms with Crippen molar-refractivity contribution < 1.29 is 9.53 Å². The minimum atomic E-state index is -0.357. The van der Waals surface area contributed by atoms with E-state index in [0.29, 0.717) is 16.5 Å². The maximum Gasteiger partial charge on any atom is 0.277 e. The van der Waals surface area contributed by atoms with Gasteiger partial charge in [-0.1, -0.05) is 29.8 Å². The zero-order chi connectivity index (χ0) is 19.4. The number of carbonyl (C=O) groups is 1. The molecule has 0 aliphatic heterocycles. The summed E-state index contributed by atoms with van der Waals surface area (Å²) in [6.45, 7) is 5.90. The summed E-state index contributed by atoms with van der Waals surface area (Å²) in [5.41, 5.74) is 7.28. The zero-order valence-electron chi connectivity index (χ0n) is 15.4. The number of benzene rings is 2. The number of hydrogen-bond acceptors (Lipinski definition) is 4. The second-order valence-corrected chi connectivity index (χ2v) is 6.75. The molecule has 0 atom stereocenters. The summed E-state index contributed by atoms with van der Waals surface area (Å²) in [5.74, 6) is 0.291. The van der Waals surface area contributed by atoms with Gasteiger partial charge in [0.25, 0.3) is 5.91 Å². The molecule has 0 fully saturated rings. The van der Waals surface area contributed by atoms with E-state index in [1.807, 2.05) is 63.2 Å². The quantitative estimate of drug-likeness (QED) is 0.406. The highest BCUT2D eigenvalue weighted by atomic mass is 35.5. The van der Waals surface area contributed by atoms with E-state index in [1.165, 1.54) is 11.8 Å². The molecule has 0 radical (unpaired) electrons. The molecule has 27 heavy (non-hydrogen) atoms. The molecule has 0 bridgehead atoms. The Balaban J connectivity index is 1.60. The van der Waals surface area contributed by atoms with Crippen LogP contribution in [0.15, 0.2) is 47.6 Å². The molecule has 0 spiro atoms. The average Bonchev–Trinajstić information content (AvgIpc) is 2.63. The van der Waals surface area contributed by atoms with Crippen LogP contribution in [-0.2, 0) is 4.79 Å². The lowest BCUT2D eigenvalue weighted by Crippen LogP contribution is -2.24. The van der Waals surface area contributed by atoms with E-state index < -0.39 is 0 Å². The highest BCUT2D eigenvalue weighted by Gasteiger charge is 2.05. The zero-order valence-corrected chi connectivity index (χ0v) is 16.2. The lowest BCUT2D eigenvalue weighted by Gasteiger charge is -2.07. The molecule has 0 unspecified atom stereocenters. The first-order valence-corrected chi connectivity index (χ1v) is 8.89. The van der Waals surface area contributed by atoms with Crippen molar-refractivity contribution in [2.24, 2.45) is 5.10 Å². The number of rotatable bonds is 5. The Morgan fingerprint density at radius 3 is 2.74 bits per heavy atom. The fraction of sp³-hybridized carbons (Fsp3) is 0.190. The molecule has 3 rings (SSSR count). The van der Waals surface area contributed by atoms with Crippen LogP contribution in [0, 0.1) is 20.8 Å². The lowest BCUT2D eigenvalue weighted by atomic mass is 10.1. The smallest absolute Gasteiger partial charge is 0.277 e. The van der Waals surface area contributed by atoms with E-state index in [0.717, 1.165) is 22.0 Å². The number of nitrogens with zero attached hydrogens (tertiary/aromatic N) is 2. The summed E-state index contributed by atoms with van der Waals surface area (Å²) < 4.78 is 5.47. The minimum absolute atomic E-state index is 0.122. The molecule has 138 valence electrons. The van der Waals surface area contributed by atoms with Gasteiger partial charge in [-0.05, 0) is 61.7 Å². The third-order valence-electron chi connectivity index (χ3n) is 4.19. The number of amides is 1. The van der Waals surface area contributed by atoms with Gasteiger partial charge in [-0.2, -0.15) is 5.10 Å². The van der Waals surface area contributed by atoms with Gasteiger partial charge in [0.2, 0.25) is 0 Å². The molecule has 1 N–H and O–H groups in total. The molecule has 0 aliphatic carbocycles. The molecule has 1 aromatic heterocycles. The van der Waals surface area contributed by atoms with Gasteiger partial charge in [0, 0.05) is 10.9 Å². The van der Waals surface area contributed by atoms with E-state index in [4.69, 9.17) is 16.3 Å². The highest BCUT2D eigenvalue weighted by Crippen LogP contribution is 2.20. The van der Waals surface area contributed by atoms with Crippen molar-refractivity contribution >= 4 is 34.6 Å². The SMILES string of the molecule is Cc1ccc2cc(C=NNC(=O)COc3ccc(C)c(C)c3)c(Cl)nc2c1. The third kappa shape index (κ3) is 4.83. The summed E-state index contributed by atoms with van der Waals surface area (Å²) in [6.07, 6.45) is 1.47. The summed E-state index contributed by atoms with van der Waals surface area (Å²) in [5, 5.41) is 5.23. The molecule has 0 saturated carbocycles. The number of fused-ring (bicyclic) bond motifs is 1. The van der Waals surface area contributed by atoms with E-state index >= 15 is 0 Å². The number of halogens is 1. The molecular formula is C21H20ClN3O2. The molecule has 2 aromatic carbocycles. The van der Waals surface area contributed by atoms with E-state index in [1.54, 1.807) is 0 Å². The van der Waals surface area contributed by atoms with Gasteiger partial charge in [-0.3, -0.25) is 4.79 Å². The molecule has 1 amide bonds. The number of aryl methyl sites for hydroxylation is 3. The summed E-state index contributed by atoms with van der Waals surface area (Å²) in [6, 6.07) is 13.5. The van der Waals surface area contributed by atoms with Crippen LogP contribution in [0.2, 0.25) is 5.15 Å². The summed E-state index contributed by atoms with van der Waals surface area (Å²) >= 11 is 6.20. The van der Waals surface area contributed by atoms with E-state index in [-0.39, 0.29) is 12.5 Å². The van der Waals surface area contributed by atoms with Gasteiger partial charge in [-0.25, -0.2) is 10.4 Å². The maximum atomic E-state index is 11.9. The monoisotopic (exact) mass is 381 g/mol. The van der Waals surface area contributed by atoms with Gasteiger partial charge < -0.3 is 4.74 Å². The number of hydrogen-bond donors (Lipinski definition) is 1. The van der Waals surface area contributed by atoms with Crippen LogP contribution in [0.5, 0.6) is 5.75 Å². The van der Waals surface area contributed by atoms with Gasteiger partial charge >= 0.3 is 0 Å². The second-order valence-electron chi connectivity index (χ2n) is 6.39. The fourth-order valence-corrected chi connectivity index (χ4v) is 2.71. The van der Waals surface area contributed by atoms with Crippen molar-refractivity contribution in [1.29, 1.82) is 0 Å². The van der Waals surface area contributed by atoms with Gasteiger partial charge in [0.15, 0.2) is 6.61 Å². The number of aromatic nitrogens is 1. The van der Waals surface area contributed by atoms with Crippen molar-refractivity contribution in [2.75, 3.05) is 6.61 Å². The van der Waals surface area contributed by atoms with Crippen molar-refractivity contribution in [3.8, 4) is 5.75 Å². The Morgan fingerprint density at radius 1 is 1.15 bits per heavy atom.